The molecule has 0 fully saturated rings. The van der Waals surface area contributed by atoms with Gasteiger partial charge in [-0.05, 0) is 24.1 Å². The van der Waals surface area contributed by atoms with Crippen molar-refractivity contribution in [2.45, 2.75) is 26.4 Å². The SMILES string of the molecule is CCCc1ccc(OCc2cnc(N)cn2)cc1. The molecule has 18 heavy (non-hydrogen) atoms. The minimum atomic E-state index is 0.403. The highest BCUT2D eigenvalue weighted by atomic mass is 16.5. The Balaban J connectivity index is 1.91. The molecular formula is C14H17N3O. The van der Waals surface area contributed by atoms with E-state index in [2.05, 4.69) is 29.0 Å². The smallest absolute Gasteiger partial charge is 0.141 e. The lowest BCUT2D eigenvalue weighted by Gasteiger charge is -2.06. The number of anilines is 1. The second-order valence-electron chi connectivity index (χ2n) is 4.12. The van der Waals surface area contributed by atoms with Gasteiger partial charge in [-0.3, -0.25) is 4.98 Å². The molecule has 0 spiro atoms. The fourth-order valence-electron chi connectivity index (χ4n) is 1.64. The minimum absolute atomic E-state index is 0.403. The number of nitrogens with two attached hydrogens (primary N) is 1. The van der Waals surface area contributed by atoms with E-state index in [0.717, 1.165) is 24.3 Å². The number of hydrogen-bond acceptors (Lipinski definition) is 4. The molecule has 94 valence electrons. The molecule has 1 aromatic heterocycles. The zero-order chi connectivity index (χ0) is 12.8. The second-order valence-corrected chi connectivity index (χ2v) is 4.12. The summed E-state index contributed by atoms with van der Waals surface area (Å²) in [4.78, 5) is 8.09. The molecule has 0 bridgehead atoms. The molecule has 0 saturated heterocycles. The fraction of sp³-hybridized carbons (Fsp3) is 0.286. The summed E-state index contributed by atoms with van der Waals surface area (Å²) in [5, 5.41) is 0. The number of nitrogens with zero attached hydrogens (tertiary/aromatic N) is 2. The largest absolute Gasteiger partial charge is 0.487 e. The molecule has 2 N–H and O–H groups in total. The average molecular weight is 243 g/mol. The predicted octanol–water partition coefficient (Wildman–Crippen LogP) is 2.59. The van der Waals surface area contributed by atoms with Gasteiger partial charge >= 0.3 is 0 Å². The summed E-state index contributed by atoms with van der Waals surface area (Å²) >= 11 is 0. The first kappa shape index (κ1) is 12.4. The Morgan fingerprint density at radius 1 is 1.11 bits per heavy atom. The summed E-state index contributed by atoms with van der Waals surface area (Å²) in [6, 6.07) is 8.15. The Labute approximate surface area is 107 Å². The quantitative estimate of drug-likeness (QED) is 0.876. The van der Waals surface area contributed by atoms with E-state index in [-0.39, 0.29) is 0 Å². The Bertz CT molecular complexity index is 479. The zero-order valence-electron chi connectivity index (χ0n) is 10.5. The van der Waals surface area contributed by atoms with Crippen LogP contribution in [0.5, 0.6) is 5.75 Å². The molecule has 4 nitrogen and oxygen atoms in total. The first-order valence-electron chi connectivity index (χ1n) is 6.06. The van der Waals surface area contributed by atoms with Crippen molar-refractivity contribution in [3.05, 3.63) is 47.9 Å². The van der Waals surface area contributed by atoms with Crippen LogP contribution in [0.4, 0.5) is 5.82 Å². The van der Waals surface area contributed by atoms with Gasteiger partial charge in [0.25, 0.3) is 0 Å². The van der Waals surface area contributed by atoms with Crippen molar-refractivity contribution in [3.8, 4) is 5.75 Å². The lowest BCUT2D eigenvalue weighted by molar-refractivity contribution is 0.301. The molecule has 0 unspecified atom stereocenters. The second kappa shape index (κ2) is 6.00. The van der Waals surface area contributed by atoms with E-state index in [0.29, 0.717) is 12.4 Å². The van der Waals surface area contributed by atoms with E-state index >= 15 is 0 Å². The average Bonchev–Trinajstić information content (AvgIpc) is 2.40. The molecule has 0 atom stereocenters. The van der Waals surface area contributed by atoms with Gasteiger partial charge in [0.15, 0.2) is 0 Å². The summed E-state index contributed by atoms with van der Waals surface area (Å²) in [7, 11) is 0. The third-order valence-electron chi connectivity index (χ3n) is 2.57. The predicted molar refractivity (Wildman–Crippen MR) is 71.2 cm³/mol. The normalized spacial score (nSPS) is 10.3. The van der Waals surface area contributed by atoms with Crippen molar-refractivity contribution in [1.82, 2.24) is 9.97 Å². The minimum Gasteiger partial charge on any atom is -0.487 e. The van der Waals surface area contributed by atoms with E-state index in [9.17, 15) is 0 Å². The van der Waals surface area contributed by atoms with E-state index in [1.54, 1.807) is 6.20 Å². The number of benzene rings is 1. The standard InChI is InChI=1S/C14H17N3O/c1-2-3-11-4-6-13(7-5-11)18-10-12-8-17-14(15)9-16-12/h4-9H,2-3,10H2,1H3,(H2,15,17). The highest BCUT2D eigenvalue weighted by Crippen LogP contribution is 2.14. The lowest BCUT2D eigenvalue weighted by atomic mass is 10.1. The van der Waals surface area contributed by atoms with Gasteiger partial charge in [-0.2, -0.15) is 0 Å². The van der Waals surface area contributed by atoms with Crippen LogP contribution in [-0.4, -0.2) is 9.97 Å². The van der Waals surface area contributed by atoms with Crippen LogP contribution in [0.2, 0.25) is 0 Å². The van der Waals surface area contributed by atoms with Crippen LogP contribution in [0, 0.1) is 0 Å². The topological polar surface area (TPSA) is 61.0 Å². The van der Waals surface area contributed by atoms with E-state index in [1.165, 1.54) is 11.8 Å². The lowest BCUT2D eigenvalue weighted by Crippen LogP contribution is -2.00. The Morgan fingerprint density at radius 3 is 2.50 bits per heavy atom. The number of aryl methyl sites for hydroxylation is 1. The summed E-state index contributed by atoms with van der Waals surface area (Å²) in [6.07, 6.45) is 5.41. The van der Waals surface area contributed by atoms with Gasteiger partial charge in [-0.15, -0.1) is 0 Å². The maximum atomic E-state index is 5.62. The highest BCUT2D eigenvalue weighted by Gasteiger charge is 1.98. The molecule has 4 heteroatoms. The maximum absolute atomic E-state index is 5.62. The fourth-order valence-corrected chi connectivity index (χ4v) is 1.64. The van der Waals surface area contributed by atoms with Crippen molar-refractivity contribution < 1.29 is 4.74 Å². The number of aromatic nitrogens is 2. The number of hydrogen-bond donors (Lipinski definition) is 1. The molecule has 0 saturated carbocycles. The van der Waals surface area contributed by atoms with Crippen LogP contribution in [0.25, 0.3) is 0 Å². The molecule has 0 aliphatic carbocycles. The molecule has 2 rings (SSSR count). The molecule has 0 amide bonds. The van der Waals surface area contributed by atoms with Crippen molar-refractivity contribution >= 4 is 5.82 Å². The number of nitrogen functional groups attached to an aromatic ring is 1. The number of ether oxygens (including phenoxy) is 1. The third-order valence-corrected chi connectivity index (χ3v) is 2.57. The molecule has 0 aliphatic heterocycles. The van der Waals surface area contributed by atoms with Crippen molar-refractivity contribution in [2.24, 2.45) is 0 Å². The summed E-state index contributed by atoms with van der Waals surface area (Å²) < 4.78 is 5.62. The first-order valence-corrected chi connectivity index (χ1v) is 6.06. The molecule has 0 aliphatic rings. The summed E-state index contributed by atoms with van der Waals surface area (Å²) in [5.41, 5.74) is 7.56. The van der Waals surface area contributed by atoms with Gasteiger partial charge in [-0.1, -0.05) is 25.5 Å². The van der Waals surface area contributed by atoms with Crippen LogP contribution in [-0.2, 0) is 13.0 Å². The van der Waals surface area contributed by atoms with Crippen LogP contribution >= 0.6 is 0 Å². The molecule has 2 aromatic rings. The molecular weight excluding hydrogens is 226 g/mol. The van der Waals surface area contributed by atoms with Gasteiger partial charge in [0.1, 0.15) is 18.2 Å². The molecule has 1 heterocycles. The van der Waals surface area contributed by atoms with E-state index in [1.807, 2.05) is 12.1 Å². The Hall–Kier alpha value is -2.10. The van der Waals surface area contributed by atoms with Crippen LogP contribution < -0.4 is 10.5 Å². The van der Waals surface area contributed by atoms with Gasteiger partial charge in [0, 0.05) is 0 Å². The van der Waals surface area contributed by atoms with Crippen molar-refractivity contribution in [1.29, 1.82) is 0 Å². The molecule has 1 aromatic carbocycles. The third kappa shape index (κ3) is 3.45. The van der Waals surface area contributed by atoms with E-state index < -0.39 is 0 Å². The Kier molecular flexibility index (Phi) is 4.12. The van der Waals surface area contributed by atoms with Crippen LogP contribution in [0.1, 0.15) is 24.6 Å². The summed E-state index contributed by atoms with van der Waals surface area (Å²) in [5.74, 6) is 1.26. The van der Waals surface area contributed by atoms with Gasteiger partial charge in [0.2, 0.25) is 0 Å². The maximum Gasteiger partial charge on any atom is 0.141 e. The zero-order valence-corrected chi connectivity index (χ0v) is 10.5. The first-order chi connectivity index (χ1) is 8.78. The molecule has 0 radical (unpaired) electrons. The highest BCUT2D eigenvalue weighted by molar-refractivity contribution is 5.27. The number of rotatable bonds is 5. The Morgan fingerprint density at radius 2 is 1.89 bits per heavy atom. The van der Waals surface area contributed by atoms with Gasteiger partial charge in [-0.25, -0.2) is 4.98 Å². The van der Waals surface area contributed by atoms with E-state index in [4.69, 9.17) is 10.5 Å². The van der Waals surface area contributed by atoms with Gasteiger partial charge in [0.05, 0.1) is 18.1 Å². The van der Waals surface area contributed by atoms with Gasteiger partial charge < -0.3 is 10.5 Å². The van der Waals surface area contributed by atoms with Crippen LogP contribution in [0.15, 0.2) is 36.7 Å². The monoisotopic (exact) mass is 243 g/mol. The summed E-state index contributed by atoms with van der Waals surface area (Å²) in [6.45, 7) is 2.57. The van der Waals surface area contributed by atoms with Crippen LogP contribution in [0.3, 0.4) is 0 Å². The van der Waals surface area contributed by atoms with Crippen molar-refractivity contribution in [3.63, 3.8) is 0 Å². The van der Waals surface area contributed by atoms with Crippen molar-refractivity contribution in [2.75, 3.05) is 5.73 Å².